The van der Waals surface area contributed by atoms with Crippen LogP contribution in [0.5, 0.6) is 0 Å². The molecule has 3 fully saturated rings. The van der Waals surface area contributed by atoms with Crippen LogP contribution in [0.4, 0.5) is 0 Å². The van der Waals surface area contributed by atoms with Crippen LogP contribution in [0.3, 0.4) is 0 Å². The van der Waals surface area contributed by atoms with E-state index in [-0.39, 0.29) is 0 Å². The van der Waals surface area contributed by atoms with E-state index in [2.05, 4.69) is 15.1 Å². The molecule has 0 aromatic carbocycles. The van der Waals surface area contributed by atoms with E-state index >= 15 is 0 Å². The minimum Gasteiger partial charge on any atom is -0.314 e. The van der Waals surface area contributed by atoms with Crippen molar-refractivity contribution in [1.29, 1.82) is 0 Å². The van der Waals surface area contributed by atoms with Gasteiger partial charge in [-0.2, -0.15) is 0 Å². The molecule has 0 radical (unpaired) electrons. The van der Waals surface area contributed by atoms with E-state index in [1.807, 2.05) is 0 Å². The first kappa shape index (κ1) is 13.8. The maximum atomic E-state index is 3.71. The number of likely N-dealkylation sites (tertiary alicyclic amines) is 2. The summed E-state index contributed by atoms with van der Waals surface area (Å²) < 4.78 is 0. The topological polar surface area (TPSA) is 18.5 Å². The lowest BCUT2D eigenvalue weighted by atomic mass is 9.90. The van der Waals surface area contributed by atoms with E-state index in [0.717, 1.165) is 12.0 Å². The number of nitrogens with zero attached hydrogens (tertiary/aromatic N) is 2. The summed E-state index contributed by atoms with van der Waals surface area (Å²) in [5.74, 6) is 0.933. The van der Waals surface area contributed by atoms with Crippen molar-refractivity contribution in [2.75, 3.05) is 45.8 Å². The molecule has 0 spiro atoms. The second-order valence-corrected chi connectivity index (χ2v) is 6.81. The van der Waals surface area contributed by atoms with Crippen LogP contribution in [0.25, 0.3) is 0 Å². The van der Waals surface area contributed by atoms with E-state index in [4.69, 9.17) is 0 Å². The third kappa shape index (κ3) is 3.93. The van der Waals surface area contributed by atoms with Gasteiger partial charge in [-0.1, -0.05) is 0 Å². The third-order valence-corrected chi connectivity index (χ3v) is 5.36. The Hall–Kier alpha value is -0.120. The summed E-state index contributed by atoms with van der Waals surface area (Å²) in [5, 5.41) is 3.71. The number of hydrogen-bond acceptors (Lipinski definition) is 3. The Morgan fingerprint density at radius 2 is 1.63 bits per heavy atom. The molecule has 3 saturated heterocycles. The molecule has 3 heterocycles. The van der Waals surface area contributed by atoms with Crippen molar-refractivity contribution < 1.29 is 0 Å². The predicted molar refractivity (Wildman–Crippen MR) is 80.5 cm³/mol. The summed E-state index contributed by atoms with van der Waals surface area (Å²) in [5.41, 5.74) is 0. The summed E-state index contributed by atoms with van der Waals surface area (Å²) in [7, 11) is 0. The Kier molecular flexibility index (Phi) is 5.14. The van der Waals surface area contributed by atoms with Gasteiger partial charge in [0.25, 0.3) is 0 Å². The lowest BCUT2D eigenvalue weighted by Crippen LogP contribution is -2.44. The van der Waals surface area contributed by atoms with Crippen LogP contribution in [-0.4, -0.2) is 61.7 Å². The van der Waals surface area contributed by atoms with Gasteiger partial charge in [-0.05, 0) is 90.1 Å². The van der Waals surface area contributed by atoms with E-state index in [1.54, 1.807) is 0 Å². The fourth-order valence-corrected chi connectivity index (χ4v) is 4.26. The van der Waals surface area contributed by atoms with Crippen LogP contribution in [0.1, 0.15) is 44.9 Å². The van der Waals surface area contributed by atoms with E-state index in [1.165, 1.54) is 90.8 Å². The van der Waals surface area contributed by atoms with E-state index < -0.39 is 0 Å². The number of hydrogen-bond donors (Lipinski definition) is 1. The van der Waals surface area contributed by atoms with Gasteiger partial charge < -0.3 is 15.1 Å². The van der Waals surface area contributed by atoms with Crippen molar-refractivity contribution in [2.45, 2.75) is 51.0 Å². The fourth-order valence-electron chi connectivity index (χ4n) is 4.26. The molecule has 2 atom stereocenters. The lowest BCUT2D eigenvalue weighted by Gasteiger charge is -2.36. The third-order valence-electron chi connectivity index (χ3n) is 5.36. The molecule has 3 aliphatic heterocycles. The van der Waals surface area contributed by atoms with Gasteiger partial charge in [0.15, 0.2) is 0 Å². The monoisotopic (exact) mass is 265 g/mol. The quantitative estimate of drug-likeness (QED) is 0.819. The van der Waals surface area contributed by atoms with Crippen molar-refractivity contribution in [3.8, 4) is 0 Å². The SMILES string of the molecule is C1CNC(C2CCCN(CCCN3CCCC3)C2)C1. The van der Waals surface area contributed by atoms with Gasteiger partial charge >= 0.3 is 0 Å². The molecule has 3 heteroatoms. The molecule has 3 aliphatic rings. The molecule has 2 unspecified atom stereocenters. The van der Waals surface area contributed by atoms with Crippen molar-refractivity contribution in [3.63, 3.8) is 0 Å². The largest absolute Gasteiger partial charge is 0.314 e. The van der Waals surface area contributed by atoms with Gasteiger partial charge in [0, 0.05) is 12.6 Å². The minimum absolute atomic E-state index is 0.835. The normalized spacial score (nSPS) is 34.1. The molecule has 0 amide bonds. The van der Waals surface area contributed by atoms with Crippen molar-refractivity contribution in [1.82, 2.24) is 15.1 Å². The predicted octanol–water partition coefficient (Wildman–Crippen LogP) is 1.94. The summed E-state index contributed by atoms with van der Waals surface area (Å²) in [4.78, 5) is 5.39. The maximum absolute atomic E-state index is 3.71. The summed E-state index contributed by atoms with van der Waals surface area (Å²) in [6, 6.07) is 0.835. The Morgan fingerprint density at radius 1 is 0.842 bits per heavy atom. The second-order valence-electron chi connectivity index (χ2n) is 6.81. The Balaban J connectivity index is 1.35. The number of rotatable bonds is 5. The highest BCUT2D eigenvalue weighted by Crippen LogP contribution is 2.24. The van der Waals surface area contributed by atoms with E-state index in [0.29, 0.717) is 0 Å². The highest BCUT2D eigenvalue weighted by molar-refractivity contribution is 4.86. The molecule has 1 N–H and O–H groups in total. The Morgan fingerprint density at radius 3 is 2.42 bits per heavy atom. The van der Waals surface area contributed by atoms with Gasteiger partial charge in [-0.25, -0.2) is 0 Å². The molecule has 0 aromatic heterocycles. The molecule has 0 aliphatic carbocycles. The number of piperidine rings is 1. The summed E-state index contributed by atoms with van der Waals surface area (Å²) in [6.45, 7) is 9.35. The van der Waals surface area contributed by atoms with Gasteiger partial charge in [-0.15, -0.1) is 0 Å². The van der Waals surface area contributed by atoms with Gasteiger partial charge in [-0.3, -0.25) is 0 Å². The lowest BCUT2D eigenvalue weighted by molar-refractivity contribution is 0.145. The molecular weight excluding hydrogens is 234 g/mol. The molecule has 3 nitrogen and oxygen atoms in total. The van der Waals surface area contributed by atoms with Gasteiger partial charge in [0.1, 0.15) is 0 Å². The first-order valence-corrected chi connectivity index (χ1v) is 8.60. The first-order valence-electron chi connectivity index (χ1n) is 8.60. The molecule has 3 rings (SSSR count). The molecule has 0 aromatic rings. The van der Waals surface area contributed by atoms with Crippen molar-refractivity contribution >= 4 is 0 Å². The summed E-state index contributed by atoms with van der Waals surface area (Å²) >= 11 is 0. The molecular formula is C16H31N3. The zero-order valence-electron chi connectivity index (χ0n) is 12.4. The standard InChI is InChI=1S/C16H31N3/c1-2-10-18(9-1)12-5-13-19-11-4-6-15(14-19)16-7-3-8-17-16/h15-17H,1-14H2. The van der Waals surface area contributed by atoms with Crippen LogP contribution in [0.2, 0.25) is 0 Å². The van der Waals surface area contributed by atoms with Crippen LogP contribution in [0, 0.1) is 5.92 Å². The first-order chi connectivity index (χ1) is 9.42. The van der Waals surface area contributed by atoms with Crippen molar-refractivity contribution in [2.24, 2.45) is 5.92 Å². The smallest absolute Gasteiger partial charge is 0.0108 e. The molecule has 0 saturated carbocycles. The summed E-state index contributed by atoms with van der Waals surface area (Å²) in [6.07, 6.45) is 9.94. The van der Waals surface area contributed by atoms with Crippen LogP contribution >= 0.6 is 0 Å². The Bertz CT molecular complexity index is 257. The zero-order chi connectivity index (χ0) is 12.9. The van der Waals surface area contributed by atoms with Crippen LogP contribution in [-0.2, 0) is 0 Å². The average Bonchev–Trinajstić information content (AvgIpc) is 3.12. The molecule has 19 heavy (non-hydrogen) atoms. The fraction of sp³-hybridized carbons (Fsp3) is 1.00. The number of nitrogens with one attached hydrogen (secondary N) is 1. The molecule has 110 valence electrons. The van der Waals surface area contributed by atoms with Crippen LogP contribution in [0.15, 0.2) is 0 Å². The van der Waals surface area contributed by atoms with Crippen LogP contribution < -0.4 is 5.32 Å². The maximum Gasteiger partial charge on any atom is 0.0108 e. The second kappa shape index (κ2) is 7.05. The zero-order valence-corrected chi connectivity index (χ0v) is 12.4. The van der Waals surface area contributed by atoms with Crippen molar-refractivity contribution in [3.05, 3.63) is 0 Å². The van der Waals surface area contributed by atoms with Gasteiger partial charge in [0.05, 0.1) is 0 Å². The minimum atomic E-state index is 0.835. The highest BCUT2D eigenvalue weighted by atomic mass is 15.2. The van der Waals surface area contributed by atoms with Gasteiger partial charge in [0.2, 0.25) is 0 Å². The Labute approximate surface area is 118 Å². The highest BCUT2D eigenvalue weighted by Gasteiger charge is 2.28. The molecule has 0 bridgehead atoms. The average molecular weight is 265 g/mol. The van der Waals surface area contributed by atoms with E-state index in [9.17, 15) is 0 Å².